The van der Waals surface area contributed by atoms with Gasteiger partial charge in [0, 0.05) is 49.6 Å². The SMILES string of the molecule is Cc1cc(CC(=O)c2cnn(-c3ccc(C(F)(F)F)cn3)c2C)cnc1C1CCC(N2CCOCC2)CC1. The molecule has 0 atom stereocenters. The molecule has 0 bridgehead atoms. The van der Waals surface area contributed by atoms with Gasteiger partial charge in [0.25, 0.3) is 0 Å². The van der Waals surface area contributed by atoms with Crippen LogP contribution in [0.3, 0.4) is 0 Å². The quantitative estimate of drug-likeness (QED) is 0.416. The topological polar surface area (TPSA) is 73.1 Å². The third-order valence-corrected chi connectivity index (χ3v) is 7.79. The lowest BCUT2D eigenvalue weighted by Gasteiger charge is -2.38. The molecule has 0 aromatic carbocycles. The third-order valence-electron chi connectivity index (χ3n) is 7.79. The molecule has 5 rings (SSSR count). The molecule has 4 heterocycles. The highest BCUT2D eigenvalue weighted by molar-refractivity contribution is 5.98. The summed E-state index contributed by atoms with van der Waals surface area (Å²) in [5, 5.41) is 4.20. The molecule has 3 aromatic heterocycles. The van der Waals surface area contributed by atoms with E-state index in [9.17, 15) is 18.0 Å². The second-order valence-electron chi connectivity index (χ2n) is 10.3. The fraction of sp³-hybridized carbons (Fsp3) is 0.500. The van der Waals surface area contributed by atoms with Crippen LogP contribution in [0.4, 0.5) is 13.2 Å². The Morgan fingerprint density at radius 2 is 1.76 bits per heavy atom. The molecular weight excluding hydrogens is 495 g/mol. The first-order chi connectivity index (χ1) is 18.2. The van der Waals surface area contributed by atoms with Crippen molar-refractivity contribution in [1.29, 1.82) is 0 Å². The van der Waals surface area contributed by atoms with Crippen molar-refractivity contribution in [2.24, 2.45) is 0 Å². The van der Waals surface area contributed by atoms with Gasteiger partial charge < -0.3 is 4.74 Å². The number of hydrogen-bond acceptors (Lipinski definition) is 6. The molecule has 1 saturated carbocycles. The highest BCUT2D eigenvalue weighted by Crippen LogP contribution is 2.35. The minimum Gasteiger partial charge on any atom is -0.379 e. The Labute approximate surface area is 220 Å². The van der Waals surface area contributed by atoms with Gasteiger partial charge in [0.05, 0.1) is 36.2 Å². The molecule has 1 aliphatic heterocycles. The Hall–Kier alpha value is -3.11. The van der Waals surface area contributed by atoms with E-state index in [2.05, 4.69) is 21.9 Å². The van der Waals surface area contributed by atoms with Crippen LogP contribution in [0, 0.1) is 13.8 Å². The summed E-state index contributed by atoms with van der Waals surface area (Å²) in [5.74, 6) is 0.536. The van der Waals surface area contributed by atoms with E-state index in [0.29, 0.717) is 23.2 Å². The number of nitrogens with zero attached hydrogens (tertiary/aromatic N) is 5. The van der Waals surface area contributed by atoms with Gasteiger partial charge in [-0.1, -0.05) is 6.07 Å². The second kappa shape index (κ2) is 10.9. The molecule has 1 saturated heterocycles. The molecule has 1 aliphatic carbocycles. The third kappa shape index (κ3) is 5.66. The van der Waals surface area contributed by atoms with E-state index in [1.54, 1.807) is 13.1 Å². The van der Waals surface area contributed by atoms with Crippen molar-refractivity contribution in [2.45, 2.75) is 64.1 Å². The number of aryl methyl sites for hydroxylation is 1. The van der Waals surface area contributed by atoms with Crippen LogP contribution in [-0.4, -0.2) is 62.8 Å². The summed E-state index contributed by atoms with van der Waals surface area (Å²) >= 11 is 0. The second-order valence-corrected chi connectivity index (χ2v) is 10.3. The molecule has 7 nitrogen and oxygen atoms in total. The minimum atomic E-state index is -4.46. The lowest BCUT2D eigenvalue weighted by Crippen LogP contribution is -2.44. The van der Waals surface area contributed by atoms with Crippen molar-refractivity contribution < 1.29 is 22.7 Å². The van der Waals surface area contributed by atoms with Gasteiger partial charge in [-0.15, -0.1) is 0 Å². The molecular formula is C28H32F3N5O2. The molecule has 2 aliphatic rings. The maximum Gasteiger partial charge on any atom is 0.417 e. The summed E-state index contributed by atoms with van der Waals surface area (Å²) in [6, 6.07) is 4.88. The maximum absolute atomic E-state index is 13.1. The van der Waals surface area contributed by atoms with E-state index >= 15 is 0 Å². The highest BCUT2D eigenvalue weighted by Gasteiger charge is 2.31. The lowest BCUT2D eigenvalue weighted by molar-refractivity contribution is -0.137. The summed E-state index contributed by atoms with van der Waals surface area (Å²) in [4.78, 5) is 24.3. The molecule has 202 valence electrons. The van der Waals surface area contributed by atoms with E-state index < -0.39 is 11.7 Å². The largest absolute Gasteiger partial charge is 0.417 e. The monoisotopic (exact) mass is 527 g/mol. The van der Waals surface area contributed by atoms with Crippen LogP contribution in [-0.2, 0) is 17.3 Å². The lowest BCUT2D eigenvalue weighted by atomic mass is 9.81. The molecule has 0 unspecified atom stereocenters. The van der Waals surface area contributed by atoms with Crippen LogP contribution in [0.1, 0.15) is 70.0 Å². The number of morpholine rings is 1. The van der Waals surface area contributed by atoms with Gasteiger partial charge in [-0.3, -0.25) is 14.7 Å². The fourth-order valence-electron chi connectivity index (χ4n) is 5.70. The average Bonchev–Trinajstić information content (AvgIpc) is 3.30. The molecule has 0 radical (unpaired) electrons. The number of alkyl halides is 3. The van der Waals surface area contributed by atoms with Crippen molar-refractivity contribution in [1.82, 2.24) is 24.6 Å². The van der Waals surface area contributed by atoms with Crippen molar-refractivity contribution in [2.75, 3.05) is 26.3 Å². The Morgan fingerprint density at radius 3 is 2.39 bits per heavy atom. The molecule has 2 fully saturated rings. The van der Waals surface area contributed by atoms with E-state index in [4.69, 9.17) is 9.72 Å². The smallest absolute Gasteiger partial charge is 0.379 e. The predicted molar refractivity (Wildman–Crippen MR) is 135 cm³/mol. The van der Waals surface area contributed by atoms with Gasteiger partial charge in [-0.2, -0.15) is 18.3 Å². The summed E-state index contributed by atoms with van der Waals surface area (Å²) < 4.78 is 45.4. The van der Waals surface area contributed by atoms with Gasteiger partial charge in [-0.05, 0) is 62.8 Å². The number of rotatable bonds is 6. The number of carbonyl (C=O) groups is 1. The van der Waals surface area contributed by atoms with Gasteiger partial charge in [0.1, 0.15) is 0 Å². The summed E-state index contributed by atoms with van der Waals surface area (Å²) in [6.45, 7) is 7.46. The first kappa shape index (κ1) is 26.5. The number of Topliss-reactive ketones (excluding diaryl/α,β-unsaturated/α-hetero) is 1. The number of ketones is 1. The van der Waals surface area contributed by atoms with Crippen LogP contribution < -0.4 is 0 Å². The maximum atomic E-state index is 13.1. The van der Waals surface area contributed by atoms with Crippen LogP contribution in [0.2, 0.25) is 0 Å². The Bertz CT molecular complexity index is 1270. The van der Waals surface area contributed by atoms with E-state index in [1.807, 2.05) is 6.07 Å². The number of hydrogen-bond donors (Lipinski definition) is 0. The average molecular weight is 528 g/mol. The number of halogens is 3. The zero-order valence-corrected chi connectivity index (χ0v) is 21.7. The molecule has 10 heteroatoms. The summed E-state index contributed by atoms with van der Waals surface area (Å²) in [6.07, 6.45) is 4.29. The Kier molecular flexibility index (Phi) is 7.63. The number of ether oxygens (including phenoxy) is 1. The molecule has 3 aromatic rings. The number of carbonyl (C=O) groups excluding carboxylic acids is 1. The van der Waals surface area contributed by atoms with Crippen LogP contribution >= 0.6 is 0 Å². The van der Waals surface area contributed by atoms with E-state index in [1.165, 1.54) is 29.8 Å². The fourth-order valence-corrected chi connectivity index (χ4v) is 5.70. The molecule has 0 amide bonds. The molecule has 0 spiro atoms. The number of pyridine rings is 2. The van der Waals surface area contributed by atoms with Gasteiger partial charge in [-0.25, -0.2) is 9.67 Å². The zero-order chi connectivity index (χ0) is 26.9. The van der Waals surface area contributed by atoms with Gasteiger partial charge in [0.15, 0.2) is 11.6 Å². The van der Waals surface area contributed by atoms with Gasteiger partial charge >= 0.3 is 6.18 Å². The number of aromatic nitrogens is 4. The Balaban J connectivity index is 1.22. The zero-order valence-electron chi connectivity index (χ0n) is 21.7. The van der Waals surface area contributed by atoms with Crippen LogP contribution in [0.15, 0.2) is 36.8 Å². The van der Waals surface area contributed by atoms with E-state index in [0.717, 1.165) is 68.2 Å². The molecule has 38 heavy (non-hydrogen) atoms. The normalized spacial score (nSPS) is 21.0. The first-order valence-corrected chi connectivity index (χ1v) is 13.1. The van der Waals surface area contributed by atoms with Crippen LogP contribution in [0.25, 0.3) is 5.82 Å². The minimum absolute atomic E-state index is 0.124. The standard InChI is InChI=1S/C28H32F3N5O2/c1-18-13-20(15-33-27(18)21-3-6-23(7-4-21)35-9-11-38-12-10-35)14-25(37)24-17-34-36(19(24)2)26-8-5-22(16-32-26)28(29,30)31/h5,8,13,15-17,21,23H,3-4,6-7,9-12,14H2,1-2H3. The van der Waals surface area contributed by atoms with Gasteiger partial charge in [0.2, 0.25) is 0 Å². The van der Waals surface area contributed by atoms with Crippen molar-refractivity contribution in [3.63, 3.8) is 0 Å². The van der Waals surface area contributed by atoms with Crippen LogP contribution in [0.5, 0.6) is 0 Å². The summed E-state index contributed by atoms with van der Waals surface area (Å²) in [7, 11) is 0. The van der Waals surface area contributed by atoms with E-state index in [-0.39, 0.29) is 18.0 Å². The van der Waals surface area contributed by atoms with Crippen molar-refractivity contribution in [3.05, 3.63) is 70.4 Å². The van der Waals surface area contributed by atoms with Crippen molar-refractivity contribution >= 4 is 5.78 Å². The van der Waals surface area contributed by atoms with Crippen molar-refractivity contribution in [3.8, 4) is 5.82 Å². The molecule has 0 N–H and O–H groups in total. The predicted octanol–water partition coefficient (Wildman–Crippen LogP) is 5.08. The first-order valence-electron chi connectivity index (χ1n) is 13.1. The summed E-state index contributed by atoms with van der Waals surface area (Å²) in [5.41, 5.74) is 3.16. The Morgan fingerprint density at radius 1 is 1.03 bits per heavy atom. The highest BCUT2D eigenvalue weighted by atomic mass is 19.4.